The second-order valence-electron chi connectivity index (χ2n) is 6.43. The van der Waals surface area contributed by atoms with Gasteiger partial charge in [-0.05, 0) is 42.7 Å². The number of hydrogen-bond donors (Lipinski definition) is 1. The largest absolute Gasteiger partial charge is 0.463 e. The zero-order valence-corrected chi connectivity index (χ0v) is 13.3. The fourth-order valence-corrected chi connectivity index (χ4v) is 3.85. The van der Waals surface area contributed by atoms with E-state index in [1.165, 1.54) is 6.08 Å². The van der Waals surface area contributed by atoms with Gasteiger partial charge < -0.3 is 9.52 Å². The number of allylic oxidation sites excluding steroid dienone is 5. The van der Waals surface area contributed by atoms with Crippen LogP contribution >= 0.6 is 0 Å². The van der Waals surface area contributed by atoms with Crippen LogP contribution in [0.25, 0.3) is 0 Å². The SMILES string of the molecule is C=CC1=CC[C@H]2C(=O)C(C)=CC(=O)[C@@]2(C)[C@H]1c1ccc(CO)o1. The van der Waals surface area contributed by atoms with Crippen LogP contribution in [0.3, 0.4) is 0 Å². The van der Waals surface area contributed by atoms with Crippen LogP contribution in [0.5, 0.6) is 0 Å². The van der Waals surface area contributed by atoms with E-state index in [1.807, 2.05) is 13.0 Å². The first-order valence-corrected chi connectivity index (χ1v) is 7.72. The molecular formula is C19H20O4. The van der Waals surface area contributed by atoms with Crippen LogP contribution in [0.15, 0.2) is 52.5 Å². The molecule has 0 fully saturated rings. The van der Waals surface area contributed by atoms with Gasteiger partial charge >= 0.3 is 0 Å². The molecule has 0 aromatic carbocycles. The van der Waals surface area contributed by atoms with Crippen molar-refractivity contribution >= 4 is 11.6 Å². The highest BCUT2D eigenvalue weighted by Crippen LogP contribution is 2.54. The molecule has 2 aliphatic carbocycles. The summed E-state index contributed by atoms with van der Waals surface area (Å²) < 4.78 is 5.71. The predicted molar refractivity (Wildman–Crippen MR) is 85.6 cm³/mol. The molecule has 0 radical (unpaired) electrons. The first-order valence-electron chi connectivity index (χ1n) is 7.72. The summed E-state index contributed by atoms with van der Waals surface area (Å²) in [5, 5.41) is 9.24. The highest BCUT2D eigenvalue weighted by atomic mass is 16.4. The molecule has 0 unspecified atom stereocenters. The first-order chi connectivity index (χ1) is 10.9. The van der Waals surface area contributed by atoms with Crippen LogP contribution in [0.1, 0.15) is 37.7 Å². The van der Waals surface area contributed by atoms with Crippen LogP contribution in [0, 0.1) is 11.3 Å². The van der Waals surface area contributed by atoms with E-state index >= 15 is 0 Å². The summed E-state index contributed by atoms with van der Waals surface area (Å²) in [7, 11) is 0. The summed E-state index contributed by atoms with van der Waals surface area (Å²) in [6, 6.07) is 3.46. The molecule has 1 aromatic heterocycles. The maximum absolute atomic E-state index is 12.8. The van der Waals surface area contributed by atoms with Gasteiger partial charge in [0, 0.05) is 5.92 Å². The zero-order valence-electron chi connectivity index (χ0n) is 13.3. The molecular weight excluding hydrogens is 292 g/mol. The van der Waals surface area contributed by atoms with Crippen molar-refractivity contribution < 1.29 is 19.1 Å². The monoisotopic (exact) mass is 312 g/mol. The standard InChI is InChI=1S/C19H20O4/c1-4-12-5-7-14-18(22)11(2)9-16(21)19(14,3)17(12)15-8-6-13(10-20)23-15/h4-6,8-9,14,17,20H,1,7,10H2,2-3H3/t14-,17+,19-/m0/s1. The van der Waals surface area contributed by atoms with Gasteiger partial charge in [0.25, 0.3) is 0 Å². The van der Waals surface area contributed by atoms with Crippen LogP contribution < -0.4 is 0 Å². The number of carbonyl (C=O) groups excluding carboxylic acids is 2. The molecule has 0 aliphatic heterocycles. The Bertz CT molecular complexity index is 749. The molecule has 0 spiro atoms. The van der Waals surface area contributed by atoms with Crippen molar-refractivity contribution in [3.05, 3.63) is 59.6 Å². The van der Waals surface area contributed by atoms with Gasteiger partial charge in [0.2, 0.25) is 0 Å². The molecule has 4 heteroatoms. The fraction of sp³-hybridized carbons (Fsp3) is 0.368. The second-order valence-corrected chi connectivity index (χ2v) is 6.43. The van der Waals surface area contributed by atoms with Crippen LogP contribution in [0.2, 0.25) is 0 Å². The summed E-state index contributed by atoms with van der Waals surface area (Å²) in [6.45, 7) is 7.17. The summed E-state index contributed by atoms with van der Waals surface area (Å²) in [5.41, 5.74) is 0.512. The fourth-order valence-electron chi connectivity index (χ4n) is 3.85. The van der Waals surface area contributed by atoms with Crippen molar-refractivity contribution in [3.8, 4) is 0 Å². The molecule has 0 amide bonds. The molecule has 23 heavy (non-hydrogen) atoms. The lowest BCUT2D eigenvalue weighted by Crippen LogP contribution is -2.49. The summed E-state index contributed by atoms with van der Waals surface area (Å²) in [5.74, 6) is 0.220. The number of rotatable bonds is 3. The van der Waals surface area contributed by atoms with Gasteiger partial charge in [-0.25, -0.2) is 0 Å². The van der Waals surface area contributed by atoms with Crippen LogP contribution in [-0.2, 0) is 16.2 Å². The van der Waals surface area contributed by atoms with Gasteiger partial charge in [-0.3, -0.25) is 9.59 Å². The smallest absolute Gasteiger partial charge is 0.163 e. The number of fused-ring (bicyclic) bond motifs is 1. The third-order valence-electron chi connectivity index (χ3n) is 5.19. The molecule has 3 atom stereocenters. The van der Waals surface area contributed by atoms with Crippen molar-refractivity contribution in [2.45, 2.75) is 32.8 Å². The van der Waals surface area contributed by atoms with Crippen molar-refractivity contribution in [1.82, 2.24) is 0 Å². The molecule has 0 saturated carbocycles. The highest BCUT2D eigenvalue weighted by molar-refractivity contribution is 6.12. The van der Waals surface area contributed by atoms with Gasteiger partial charge in [-0.2, -0.15) is 0 Å². The van der Waals surface area contributed by atoms with E-state index < -0.39 is 11.3 Å². The topological polar surface area (TPSA) is 67.5 Å². The maximum atomic E-state index is 12.8. The Morgan fingerprint density at radius 1 is 1.43 bits per heavy atom. The molecule has 1 aromatic rings. The molecule has 1 N–H and O–H groups in total. The Balaban J connectivity index is 2.19. The minimum Gasteiger partial charge on any atom is -0.463 e. The average Bonchev–Trinajstić information content (AvgIpc) is 3.00. The quantitative estimate of drug-likeness (QED) is 0.931. The van der Waals surface area contributed by atoms with Crippen molar-refractivity contribution in [2.75, 3.05) is 0 Å². The molecule has 120 valence electrons. The summed E-state index contributed by atoms with van der Waals surface area (Å²) in [6.07, 6.45) is 5.66. The minimum atomic E-state index is -0.889. The van der Waals surface area contributed by atoms with E-state index in [2.05, 4.69) is 6.58 Å². The lowest BCUT2D eigenvalue weighted by Gasteiger charge is -2.45. The van der Waals surface area contributed by atoms with Crippen LogP contribution in [-0.4, -0.2) is 16.7 Å². The van der Waals surface area contributed by atoms with E-state index in [0.29, 0.717) is 23.5 Å². The van der Waals surface area contributed by atoms with E-state index in [4.69, 9.17) is 4.42 Å². The first kappa shape index (κ1) is 15.7. The van der Waals surface area contributed by atoms with Crippen molar-refractivity contribution in [1.29, 1.82) is 0 Å². The number of carbonyl (C=O) groups is 2. The Labute approximate surface area is 135 Å². The summed E-state index contributed by atoms with van der Waals surface area (Å²) >= 11 is 0. The van der Waals surface area contributed by atoms with E-state index in [9.17, 15) is 14.7 Å². The second kappa shape index (κ2) is 5.46. The Morgan fingerprint density at radius 2 is 2.17 bits per heavy atom. The molecule has 0 bridgehead atoms. The van der Waals surface area contributed by atoms with Gasteiger partial charge in [0.05, 0.1) is 11.3 Å². The number of aliphatic hydroxyl groups excluding tert-OH is 1. The molecule has 1 heterocycles. The average molecular weight is 312 g/mol. The Morgan fingerprint density at radius 3 is 2.78 bits per heavy atom. The zero-order chi connectivity index (χ0) is 16.8. The summed E-state index contributed by atoms with van der Waals surface area (Å²) in [4.78, 5) is 25.4. The third-order valence-corrected chi connectivity index (χ3v) is 5.19. The number of Topliss-reactive ketones (excluding diaryl/α,β-unsaturated/α-hetero) is 1. The lowest BCUT2D eigenvalue weighted by atomic mass is 9.54. The van der Waals surface area contributed by atoms with Gasteiger partial charge in [-0.1, -0.05) is 25.7 Å². The van der Waals surface area contributed by atoms with E-state index in [1.54, 1.807) is 25.1 Å². The number of ketones is 2. The minimum absolute atomic E-state index is 0.0189. The molecule has 2 aliphatic rings. The Hall–Kier alpha value is -2.20. The Kier molecular flexibility index (Phi) is 3.72. The van der Waals surface area contributed by atoms with Gasteiger partial charge in [0.15, 0.2) is 11.6 Å². The lowest BCUT2D eigenvalue weighted by molar-refractivity contribution is -0.137. The number of hydrogen-bond acceptors (Lipinski definition) is 4. The van der Waals surface area contributed by atoms with Gasteiger partial charge in [0.1, 0.15) is 18.1 Å². The van der Waals surface area contributed by atoms with Crippen LogP contribution in [0.4, 0.5) is 0 Å². The predicted octanol–water partition coefficient (Wildman–Crippen LogP) is 3.09. The maximum Gasteiger partial charge on any atom is 0.163 e. The molecule has 4 nitrogen and oxygen atoms in total. The number of aliphatic hydroxyl groups is 1. The van der Waals surface area contributed by atoms with E-state index in [-0.39, 0.29) is 24.1 Å². The highest BCUT2D eigenvalue weighted by Gasteiger charge is 2.55. The van der Waals surface area contributed by atoms with Crippen molar-refractivity contribution in [2.24, 2.45) is 11.3 Å². The third kappa shape index (κ3) is 2.17. The normalized spacial score (nSPS) is 30.6. The molecule has 3 rings (SSSR count). The van der Waals surface area contributed by atoms with E-state index in [0.717, 1.165) is 5.57 Å². The van der Waals surface area contributed by atoms with Gasteiger partial charge in [-0.15, -0.1) is 0 Å². The van der Waals surface area contributed by atoms with Crippen molar-refractivity contribution in [3.63, 3.8) is 0 Å². The molecule has 0 saturated heterocycles. The number of furan rings is 1.